The molecule has 1 heterocycles. The van der Waals surface area contributed by atoms with Crippen LogP contribution in [0, 0.1) is 0 Å². The zero-order chi connectivity index (χ0) is 62.1. The van der Waals surface area contributed by atoms with Gasteiger partial charge in [-0.15, -0.1) is 0 Å². The smallest absolute Gasteiger partial charge is 0.220 e. The summed E-state index contributed by atoms with van der Waals surface area (Å²) in [5, 5.41) is 54.8. The van der Waals surface area contributed by atoms with Crippen LogP contribution in [-0.2, 0) is 14.3 Å². The van der Waals surface area contributed by atoms with E-state index in [9.17, 15) is 30.3 Å². The fraction of sp³-hybridized carbons (Fsp3) is 0.753. The van der Waals surface area contributed by atoms with E-state index in [4.69, 9.17) is 9.47 Å². The quantitative estimate of drug-likeness (QED) is 0.0261. The Morgan fingerprint density at radius 3 is 1.12 bits per heavy atom. The molecular formula is C77H135NO8. The van der Waals surface area contributed by atoms with E-state index in [1.165, 1.54) is 212 Å². The van der Waals surface area contributed by atoms with Gasteiger partial charge >= 0.3 is 0 Å². The molecule has 1 amide bonds. The van der Waals surface area contributed by atoms with Gasteiger partial charge in [0.05, 0.1) is 25.4 Å². The van der Waals surface area contributed by atoms with E-state index in [1.54, 1.807) is 6.08 Å². The van der Waals surface area contributed by atoms with Crippen molar-refractivity contribution in [2.24, 2.45) is 0 Å². The first-order chi connectivity index (χ1) is 42.3. The standard InChI is InChI=1S/C77H135NO8/c1-3-5-7-9-11-13-15-17-19-21-23-25-27-29-31-33-35-37-38-40-42-44-46-48-50-52-54-56-58-60-62-64-66-71(80)70(69-85-77-76(84)75(83)74(82)72(68-79)86-77)78-73(81)67-65-63-61-59-57-55-53-51-49-47-45-43-41-39-36-34-32-30-28-26-24-22-20-18-16-14-12-10-8-6-4-2/h6,8,12,14,18,20,24,26,30,32,36,39,48,50,56,58,64,66,70-72,74-77,79-80,82-84H,3-5,7,9-11,13,15-17,19,21-23,25,27-29,31,33-35,37-38,40-47,49,51-55,57,59-63,65,67-69H2,1-2H3,(H,78,81)/b8-6-,14-12-,20-18-,26-24-,32-30-,39-36-,50-48+,58-56+,66-64+. The molecule has 1 fully saturated rings. The van der Waals surface area contributed by atoms with Gasteiger partial charge in [0.25, 0.3) is 0 Å². The number of hydrogen-bond donors (Lipinski definition) is 6. The first-order valence-corrected chi connectivity index (χ1v) is 36.1. The van der Waals surface area contributed by atoms with E-state index in [1.807, 2.05) is 6.08 Å². The Morgan fingerprint density at radius 2 is 0.733 bits per heavy atom. The Hall–Kier alpha value is -3.15. The number of ether oxygens (including phenoxy) is 2. The number of allylic oxidation sites excluding steroid dienone is 17. The molecule has 0 radical (unpaired) electrons. The molecule has 86 heavy (non-hydrogen) atoms. The number of carbonyl (C=O) groups is 1. The zero-order valence-electron chi connectivity index (χ0n) is 55.5. The van der Waals surface area contributed by atoms with Gasteiger partial charge in [0.2, 0.25) is 5.91 Å². The highest BCUT2D eigenvalue weighted by Crippen LogP contribution is 2.23. The highest BCUT2D eigenvalue weighted by atomic mass is 16.7. The Morgan fingerprint density at radius 1 is 0.407 bits per heavy atom. The van der Waals surface area contributed by atoms with Crippen LogP contribution < -0.4 is 5.32 Å². The number of aliphatic hydroxyl groups is 5. The number of nitrogens with one attached hydrogen (secondary N) is 1. The van der Waals surface area contributed by atoms with Crippen LogP contribution in [0.4, 0.5) is 0 Å². The van der Waals surface area contributed by atoms with Crippen LogP contribution in [0.25, 0.3) is 0 Å². The summed E-state index contributed by atoms with van der Waals surface area (Å²) in [5.41, 5.74) is 0. The molecule has 0 spiro atoms. The molecule has 0 bridgehead atoms. The first-order valence-electron chi connectivity index (χ1n) is 36.1. The Balaban J connectivity index is 2.17. The molecule has 1 saturated heterocycles. The summed E-state index contributed by atoms with van der Waals surface area (Å²) in [4.78, 5) is 13.1. The number of carbonyl (C=O) groups excluding carboxylic acids is 1. The lowest BCUT2D eigenvalue weighted by Gasteiger charge is -2.40. The third kappa shape index (κ3) is 52.8. The maximum Gasteiger partial charge on any atom is 0.220 e. The maximum absolute atomic E-state index is 13.1. The lowest BCUT2D eigenvalue weighted by atomic mass is 9.99. The van der Waals surface area contributed by atoms with Crippen LogP contribution in [0.1, 0.15) is 316 Å². The fourth-order valence-corrected chi connectivity index (χ4v) is 11.0. The van der Waals surface area contributed by atoms with E-state index >= 15 is 0 Å². The second kappa shape index (κ2) is 64.8. The minimum Gasteiger partial charge on any atom is -0.394 e. The van der Waals surface area contributed by atoms with Crippen LogP contribution in [0.15, 0.2) is 109 Å². The van der Waals surface area contributed by atoms with Crippen molar-refractivity contribution in [2.75, 3.05) is 13.2 Å². The number of hydrogen-bond acceptors (Lipinski definition) is 8. The Kier molecular flexibility index (Phi) is 61.0. The van der Waals surface area contributed by atoms with Gasteiger partial charge in [0.15, 0.2) is 6.29 Å². The number of unbranched alkanes of at least 4 members (excludes halogenated alkanes) is 36. The van der Waals surface area contributed by atoms with Gasteiger partial charge in [-0.2, -0.15) is 0 Å². The largest absolute Gasteiger partial charge is 0.394 e. The summed E-state index contributed by atoms with van der Waals surface area (Å²) >= 11 is 0. The van der Waals surface area contributed by atoms with Crippen molar-refractivity contribution in [3.63, 3.8) is 0 Å². The van der Waals surface area contributed by atoms with E-state index in [2.05, 4.69) is 116 Å². The molecule has 0 aromatic heterocycles. The molecule has 1 aliphatic heterocycles. The summed E-state index contributed by atoms with van der Waals surface area (Å²) < 4.78 is 11.3. The van der Waals surface area contributed by atoms with Crippen molar-refractivity contribution >= 4 is 5.91 Å². The summed E-state index contributed by atoms with van der Waals surface area (Å²) in [6.07, 6.45) is 89.2. The number of amides is 1. The predicted octanol–water partition coefficient (Wildman–Crippen LogP) is 20.0. The van der Waals surface area contributed by atoms with Crippen LogP contribution >= 0.6 is 0 Å². The van der Waals surface area contributed by atoms with Gasteiger partial charge in [-0.1, -0.05) is 322 Å². The molecule has 1 rings (SSSR count). The molecule has 0 aromatic carbocycles. The summed E-state index contributed by atoms with van der Waals surface area (Å²) in [5.74, 6) is -0.194. The van der Waals surface area contributed by atoms with Crippen molar-refractivity contribution in [2.45, 2.75) is 358 Å². The van der Waals surface area contributed by atoms with E-state index in [0.29, 0.717) is 6.42 Å². The van der Waals surface area contributed by atoms with Crippen LogP contribution in [0.2, 0.25) is 0 Å². The van der Waals surface area contributed by atoms with Crippen molar-refractivity contribution in [3.05, 3.63) is 109 Å². The highest BCUT2D eigenvalue weighted by molar-refractivity contribution is 5.76. The second-order valence-corrected chi connectivity index (χ2v) is 24.6. The van der Waals surface area contributed by atoms with Crippen molar-refractivity contribution < 1.29 is 39.8 Å². The van der Waals surface area contributed by atoms with Crippen molar-refractivity contribution in [3.8, 4) is 0 Å². The molecular weight excluding hydrogens is 1070 g/mol. The van der Waals surface area contributed by atoms with Crippen LogP contribution in [0.5, 0.6) is 0 Å². The van der Waals surface area contributed by atoms with Gasteiger partial charge in [0, 0.05) is 6.42 Å². The average Bonchev–Trinajstić information content (AvgIpc) is 3.59. The monoisotopic (exact) mass is 1200 g/mol. The molecule has 0 aromatic rings. The molecule has 9 nitrogen and oxygen atoms in total. The molecule has 6 N–H and O–H groups in total. The van der Waals surface area contributed by atoms with Gasteiger partial charge in [-0.05, 0) is 96.3 Å². The molecule has 7 unspecified atom stereocenters. The summed E-state index contributed by atoms with van der Waals surface area (Å²) in [6, 6.07) is -0.838. The third-order valence-electron chi connectivity index (χ3n) is 16.6. The third-order valence-corrected chi connectivity index (χ3v) is 16.6. The lowest BCUT2D eigenvalue weighted by Crippen LogP contribution is -2.60. The van der Waals surface area contributed by atoms with E-state index in [-0.39, 0.29) is 12.5 Å². The minimum atomic E-state index is -1.58. The molecule has 0 aliphatic carbocycles. The number of aliphatic hydroxyl groups excluding tert-OH is 5. The fourth-order valence-electron chi connectivity index (χ4n) is 11.0. The van der Waals surface area contributed by atoms with Gasteiger partial charge < -0.3 is 40.3 Å². The lowest BCUT2D eigenvalue weighted by molar-refractivity contribution is -0.302. The summed E-state index contributed by atoms with van der Waals surface area (Å²) in [6.45, 7) is 3.67. The highest BCUT2D eigenvalue weighted by Gasteiger charge is 2.44. The number of rotatable bonds is 62. The Bertz CT molecular complexity index is 1730. The maximum atomic E-state index is 13.1. The minimum absolute atomic E-state index is 0.194. The van der Waals surface area contributed by atoms with E-state index < -0.39 is 49.5 Å². The van der Waals surface area contributed by atoms with Crippen molar-refractivity contribution in [1.82, 2.24) is 5.32 Å². The topological polar surface area (TPSA) is 149 Å². The van der Waals surface area contributed by atoms with Crippen LogP contribution in [-0.4, -0.2) is 87.5 Å². The van der Waals surface area contributed by atoms with Gasteiger partial charge in [0.1, 0.15) is 24.4 Å². The van der Waals surface area contributed by atoms with Crippen molar-refractivity contribution in [1.29, 1.82) is 0 Å². The first kappa shape index (κ1) is 80.9. The second-order valence-electron chi connectivity index (χ2n) is 24.6. The molecule has 0 saturated carbocycles. The van der Waals surface area contributed by atoms with E-state index in [0.717, 1.165) is 83.5 Å². The normalized spacial score (nSPS) is 18.7. The summed E-state index contributed by atoms with van der Waals surface area (Å²) in [7, 11) is 0. The Labute approximate surface area is 529 Å². The van der Waals surface area contributed by atoms with Crippen LogP contribution in [0.3, 0.4) is 0 Å². The molecule has 1 aliphatic rings. The molecule has 9 heteroatoms. The average molecular weight is 1200 g/mol. The molecule has 7 atom stereocenters. The SMILES string of the molecule is CC/C=C\C/C=C\C/C=C\C/C=C\C/C=C\C/C=C\CCCCCCCCCCCCCCC(=O)NC(COC1OC(CO)C(O)C(O)C1O)C(O)/C=C/CC/C=C/CC/C=C/CCCCCCCCCCCCCCCCCCCCCCCC. The molecule has 496 valence electrons. The predicted molar refractivity (Wildman–Crippen MR) is 368 cm³/mol. The van der Waals surface area contributed by atoms with Gasteiger partial charge in [-0.3, -0.25) is 4.79 Å². The van der Waals surface area contributed by atoms with Gasteiger partial charge in [-0.25, -0.2) is 0 Å². The zero-order valence-corrected chi connectivity index (χ0v) is 55.5.